The van der Waals surface area contributed by atoms with E-state index >= 15 is 0 Å². The Balaban J connectivity index is 2.98. The maximum absolute atomic E-state index is 4.44. The summed E-state index contributed by atoms with van der Waals surface area (Å²) in [5.41, 5.74) is 1.22. The van der Waals surface area contributed by atoms with Gasteiger partial charge in [-0.2, -0.15) is 0 Å². The summed E-state index contributed by atoms with van der Waals surface area (Å²) in [4.78, 5) is 5.79. The van der Waals surface area contributed by atoms with Gasteiger partial charge in [0.15, 0.2) is 0 Å². The molecule has 0 spiro atoms. The van der Waals surface area contributed by atoms with Crippen LogP contribution < -0.4 is 5.32 Å². The van der Waals surface area contributed by atoms with Gasteiger partial charge in [-0.05, 0) is 34.2 Å². The molecule has 3 heteroatoms. The molecule has 0 bridgehead atoms. The van der Waals surface area contributed by atoms with Crippen LogP contribution in [0.1, 0.15) is 36.3 Å². The number of nitrogens with one attached hydrogen (secondary N) is 1. The molecule has 0 fully saturated rings. The Bertz CT molecular complexity index is 289. The van der Waals surface area contributed by atoms with Crippen LogP contribution in [0.4, 0.5) is 0 Å². The standard InChI is InChI=1S/C10H18N2S/c1-6-11-10(4,5)9-7(2)12-8(3)13-9/h11H,6H2,1-5H3. The summed E-state index contributed by atoms with van der Waals surface area (Å²) >= 11 is 1.79. The molecule has 0 unspecified atom stereocenters. The molecule has 0 aromatic carbocycles. The smallest absolute Gasteiger partial charge is 0.0900 e. The molecule has 0 aliphatic heterocycles. The normalized spacial score (nSPS) is 12.1. The lowest BCUT2D eigenvalue weighted by Crippen LogP contribution is -2.35. The summed E-state index contributed by atoms with van der Waals surface area (Å²) in [7, 11) is 0. The minimum Gasteiger partial charge on any atom is -0.307 e. The van der Waals surface area contributed by atoms with Crippen LogP contribution in [0.25, 0.3) is 0 Å². The summed E-state index contributed by atoms with van der Waals surface area (Å²) in [5.74, 6) is 0. The van der Waals surface area contributed by atoms with Crippen LogP contribution in [0.3, 0.4) is 0 Å². The van der Waals surface area contributed by atoms with Gasteiger partial charge in [0.1, 0.15) is 0 Å². The van der Waals surface area contributed by atoms with Crippen molar-refractivity contribution in [2.45, 2.75) is 40.2 Å². The largest absolute Gasteiger partial charge is 0.307 e. The van der Waals surface area contributed by atoms with E-state index in [9.17, 15) is 0 Å². The highest BCUT2D eigenvalue weighted by Crippen LogP contribution is 2.28. The Labute approximate surface area is 84.4 Å². The Morgan fingerprint density at radius 2 is 2.00 bits per heavy atom. The molecule has 0 atom stereocenters. The first kappa shape index (κ1) is 10.7. The summed E-state index contributed by atoms with van der Waals surface area (Å²) < 4.78 is 0. The second-order valence-corrected chi connectivity index (χ2v) is 5.01. The van der Waals surface area contributed by atoms with Crippen molar-refractivity contribution in [1.82, 2.24) is 10.3 Å². The van der Waals surface area contributed by atoms with E-state index in [1.54, 1.807) is 11.3 Å². The summed E-state index contributed by atoms with van der Waals surface area (Å²) in [6.07, 6.45) is 0. The topological polar surface area (TPSA) is 24.9 Å². The number of thiazole rings is 1. The number of hydrogen-bond donors (Lipinski definition) is 1. The van der Waals surface area contributed by atoms with Crippen molar-refractivity contribution >= 4 is 11.3 Å². The molecule has 0 saturated carbocycles. The minimum absolute atomic E-state index is 0.0603. The lowest BCUT2D eigenvalue weighted by atomic mass is 10.0. The van der Waals surface area contributed by atoms with Gasteiger partial charge >= 0.3 is 0 Å². The van der Waals surface area contributed by atoms with Crippen molar-refractivity contribution in [1.29, 1.82) is 0 Å². The van der Waals surface area contributed by atoms with E-state index in [0.29, 0.717) is 0 Å². The summed E-state index contributed by atoms with van der Waals surface area (Å²) in [5, 5.41) is 4.61. The number of nitrogens with zero attached hydrogens (tertiary/aromatic N) is 1. The molecule has 1 aromatic rings. The van der Waals surface area contributed by atoms with Crippen LogP contribution >= 0.6 is 11.3 Å². The van der Waals surface area contributed by atoms with E-state index in [2.05, 4.69) is 44.9 Å². The highest BCUT2D eigenvalue weighted by Gasteiger charge is 2.23. The highest BCUT2D eigenvalue weighted by molar-refractivity contribution is 7.11. The first-order valence-electron chi connectivity index (χ1n) is 4.67. The third-order valence-corrected chi connectivity index (χ3v) is 3.49. The monoisotopic (exact) mass is 198 g/mol. The fraction of sp³-hybridized carbons (Fsp3) is 0.700. The van der Waals surface area contributed by atoms with E-state index in [-0.39, 0.29) is 5.54 Å². The second kappa shape index (κ2) is 3.76. The molecule has 0 radical (unpaired) electrons. The zero-order chi connectivity index (χ0) is 10.1. The van der Waals surface area contributed by atoms with Crippen molar-refractivity contribution in [2.24, 2.45) is 0 Å². The van der Waals surface area contributed by atoms with Crippen LogP contribution in [-0.4, -0.2) is 11.5 Å². The molecule has 74 valence electrons. The second-order valence-electron chi connectivity index (χ2n) is 3.80. The predicted molar refractivity (Wildman–Crippen MR) is 58.3 cm³/mol. The van der Waals surface area contributed by atoms with Crippen molar-refractivity contribution in [3.05, 3.63) is 15.6 Å². The van der Waals surface area contributed by atoms with Gasteiger partial charge in [-0.1, -0.05) is 6.92 Å². The first-order valence-corrected chi connectivity index (χ1v) is 5.48. The average molecular weight is 198 g/mol. The number of hydrogen-bond acceptors (Lipinski definition) is 3. The molecule has 2 nitrogen and oxygen atoms in total. The summed E-state index contributed by atoms with van der Waals surface area (Å²) in [6.45, 7) is 11.7. The van der Waals surface area contributed by atoms with Crippen molar-refractivity contribution in [3.8, 4) is 0 Å². The van der Waals surface area contributed by atoms with Gasteiger partial charge in [-0.3, -0.25) is 0 Å². The van der Waals surface area contributed by atoms with E-state index in [1.807, 2.05) is 0 Å². The molecule has 13 heavy (non-hydrogen) atoms. The molecule has 1 aromatic heterocycles. The van der Waals surface area contributed by atoms with Gasteiger partial charge in [0.25, 0.3) is 0 Å². The quantitative estimate of drug-likeness (QED) is 0.807. The van der Waals surface area contributed by atoms with Crippen molar-refractivity contribution in [3.63, 3.8) is 0 Å². The Morgan fingerprint density at radius 1 is 1.38 bits per heavy atom. The van der Waals surface area contributed by atoms with Crippen LogP contribution in [0.5, 0.6) is 0 Å². The van der Waals surface area contributed by atoms with Crippen LogP contribution in [-0.2, 0) is 5.54 Å². The third kappa shape index (κ3) is 2.29. The van der Waals surface area contributed by atoms with Gasteiger partial charge in [-0.15, -0.1) is 11.3 Å². The van der Waals surface area contributed by atoms with Gasteiger partial charge in [-0.25, -0.2) is 4.98 Å². The zero-order valence-electron chi connectivity index (χ0n) is 9.06. The van der Waals surface area contributed by atoms with E-state index < -0.39 is 0 Å². The maximum Gasteiger partial charge on any atom is 0.0900 e. The molecule has 1 rings (SSSR count). The Hall–Kier alpha value is -0.410. The Morgan fingerprint density at radius 3 is 2.38 bits per heavy atom. The van der Waals surface area contributed by atoms with Crippen LogP contribution in [0.2, 0.25) is 0 Å². The highest BCUT2D eigenvalue weighted by atomic mass is 32.1. The third-order valence-electron chi connectivity index (χ3n) is 2.09. The predicted octanol–water partition coefficient (Wildman–Crippen LogP) is 2.60. The molecule has 1 N–H and O–H groups in total. The number of aryl methyl sites for hydroxylation is 2. The van der Waals surface area contributed by atoms with E-state index in [1.165, 1.54) is 4.88 Å². The van der Waals surface area contributed by atoms with Crippen LogP contribution in [0, 0.1) is 13.8 Å². The van der Waals surface area contributed by atoms with Gasteiger partial charge in [0.2, 0.25) is 0 Å². The van der Waals surface area contributed by atoms with Gasteiger partial charge in [0.05, 0.1) is 10.7 Å². The van der Waals surface area contributed by atoms with Crippen molar-refractivity contribution < 1.29 is 0 Å². The molecule has 0 aliphatic rings. The molecule has 1 heterocycles. The molecular weight excluding hydrogens is 180 g/mol. The molecular formula is C10H18N2S. The molecule has 0 saturated heterocycles. The van der Waals surface area contributed by atoms with E-state index in [0.717, 1.165) is 17.2 Å². The number of aromatic nitrogens is 1. The summed E-state index contributed by atoms with van der Waals surface area (Å²) in [6, 6.07) is 0. The fourth-order valence-corrected chi connectivity index (χ4v) is 2.63. The number of rotatable bonds is 3. The fourth-order valence-electron chi connectivity index (χ4n) is 1.63. The van der Waals surface area contributed by atoms with Crippen molar-refractivity contribution in [2.75, 3.05) is 6.54 Å². The van der Waals surface area contributed by atoms with Gasteiger partial charge < -0.3 is 5.32 Å². The zero-order valence-corrected chi connectivity index (χ0v) is 9.88. The minimum atomic E-state index is 0.0603. The maximum atomic E-state index is 4.44. The average Bonchev–Trinajstić information content (AvgIpc) is 2.30. The molecule has 0 aliphatic carbocycles. The van der Waals surface area contributed by atoms with Gasteiger partial charge in [0, 0.05) is 10.4 Å². The first-order chi connectivity index (χ1) is 5.97. The Kier molecular flexibility index (Phi) is 3.09. The van der Waals surface area contributed by atoms with E-state index in [4.69, 9.17) is 0 Å². The lowest BCUT2D eigenvalue weighted by molar-refractivity contribution is 0.421. The van der Waals surface area contributed by atoms with Crippen LogP contribution in [0.15, 0.2) is 0 Å². The lowest BCUT2D eigenvalue weighted by Gasteiger charge is -2.24. The SMILES string of the molecule is CCNC(C)(C)c1sc(C)nc1C. The molecule has 0 amide bonds.